The SMILES string of the molecule is O=C(O)c1cccc2ccn(C(O)(O)c3ccc(C(F)(F)F)cc3)c12. The molecule has 130 valence electrons. The van der Waals surface area contributed by atoms with E-state index in [4.69, 9.17) is 0 Å². The van der Waals surface area contributed by atoms with Gasteiger partial charge >= 0.3 is 12.1 Å². The zero-order valence-corrected chi connectivity index (χ0v) is 12.5. The number of fused-ring (bicyclic) bond motifs is 1. The van der Waals surface area contributed by atoms with E-state index in [2.05, 4.69) is 0 Å². The highest BCUT2D eigenvalue weighted by Crippen LogP contribution is 2.33. The number of carbonyl (C=O) groups is 1. The number of aliphatic hydroxyl groups is 2. The number of halogens is 3. The molecule has 0 spiro atoms. The molecule has 1 aromatic heterocycles. The molecule has 0 radical (unpaired) electrons. The van der Waals surface area contributed by atoms with Crippen LogP contribution in [0.3, 0.4) is 0 Å². The molecule has 8 heteroatoms. The Morgan fingerprint density at radius 3 is 2.08 bits per heavy atom. The number of aromatic carboxylic acids is 1. The van der Waals surface area contributed by atoms with Crippen LogP contribution in [0.1, 0.15) is 21.5 Å². The molecule has 2 aromatic carbocycles. The highest BCUT2D eigenvalue weighted by molar-refractivity contribution is 6.02. The Morgan fingerprint density at radius 2 is 1.52 bits per heavy atom. The van der Waals surface area contributed by atoms with Gasteiger partial charge in [0.25, 0.3) is 5.91 Å². The number of nitrogens with zero attached hydrogens (tertiary/aromatic N) is 1. The van der Waals surface area contributed by atoms with Gasteiger partial charge in [-0.2, -0.15) is 13.2 Å². The van der Waals surface area contributed by atoms with Crippen molar-refractivity contribution in [3.8, 4) is 0 Å². The number of hydrogen-bond acceptors (Lipinski definition) is 3. The summed E-state index contributed by atoms with van der Waals surface area (Å²) in [6.45, 7) is 0. The number of benzene rings is 2. The minimum Gasteiger partial charge on any atom is -0.478 e. The molecule has 3 aromatic rings. The topological polar surface area (TPSA) is 82.7 Å². The van der Waals surface area contributed by atoms with E-state index in [1.165, 1.54) is 24.4 Å². The smallest absolute Gasteiger partial charge is 0.416 e. The van der Waals surface area contributed by atoms with Gasteiger partial charge in [-0.1, -0.05) is 24.3 Å². The third-order valence-corrected chi connectivity index (χ3v) is 3.88. The van der Waals surface area contributed by atoms with Crippen molar-refractivity contribution in [2.45, 2.75) is 12.1 Å². The van der Waals surface area contributed by atoms with Crippen LogP contribution in [0.4, 0.5) is 13.2 Å². The number of rotatable bonds is 3. The number of aromatic nitrogens is 1. The van der Waals surface area contributed by atoms with E-state index in [1.54, 1.807) is 6.07 Å². The molecule has 0 aliphatic carbocycles. The first-order valence-electron chi connectivity index (χ1n) is 7.08. The van der Waals surface area contributed by atoms with Crippen molar-refractivity contribution in [3.63, 3.8) is 0 Å². The zero-order chi connectivity index (χ0) is 18.4. The minimum absolute atomic E-state index is 0.0416. The van der Waals surface area contributed by atoms with Crippen LogP contribution in [0.25, 0.3) is 10.9 Å². The molecule has 0 atom stereocenters. The molecule has 3 rings (SSSR count). The lowest BCUT2D eigenvalue weighted by Gasteiger charge is -2.25. The Bertz CT molecular complexity index is 943. The van der Waals surface area contributed by atoms with Gasteiger partial charge in [-0.05, 0) is 24.3 Å². The molecule has 1 heterocycles. The quantitative estimate of drug-likeness (QED) is 0.634. The zero-order valence-electron chi connectivity index (χ0n) is 12.5. The van der Waals surface area contributed by atoms with Crippen molar-refractivity contribution >= 4 is 16.9 Å². The van der Waals surface area contributed by atoms with Gasteiger partial charge < -0.3 is 15.3 Å². The van der Waals surface area contributed by atoms with Crippen LogP contribution < -0.4 is 0 Å². The second-order valence-corrected chi connectivity index (χ2v) is 5.44. The summed E-state index contributed by atoms with van der Waals surface area (Å²) in [7, 11) is 0. The monoisotopic (exact) mass is 351 g/mol. The van der Waals surface area contributed by atoms with E-state index in [0.717, 1.165) is 28.8 Å². The van der Waals surface area contributed by atoms with Gasteiger partial charge in [0.1, 0.15) is 0 Å². The average molecular weight is 351 g/mol. The molecule has 25 heavy (non-hydrogen) atoms. The maximum Gasteiger partial charge on any atom is 0.416 e. The summed E-state index contributed by atoms with van der Waals surface area (Å²) < 4.78 is 38.8. The van der Waals surface area contributed by atoms with Crippen molar-refractivity contribution in [2.75, 3.05) is 0 Å². The van der Waals surface area contributed by atoms with E-state index in [0.29, 0.717) is 5.39 Å². The predicted octanol–water partition coefficient (Wildman–Crippen LogP) is 3.00. The highest BCUT2D eigenvalue weighted by Gasteiger charge is 2.34. The first kappa shape index (κ1) is 17.0. The molecule has 0 bridgehead atoms. The molecule has 0 aliphatic heterocycles. The summed E-state index contributed by atoms with van der Waals surface area (Å²) in [5.74, 6) is -3.99. The Labute approximate surface area is 139 Å². The van der Waals surface area contributed by atoms with Crippen LogP contribution in [0.15, 0.2) is 54.7 Å². The van der Waals surface area contributed by atoms with Crippen molar-refractivity contribution in [1.82, 2.24) is 4.57 Å². The summed E-state index contributed by atoms with van der Waals surface area (Å²) in [5, 5.41) is 30.7. The van der Waals surface area contributed by atoms with Crippen molar-refractivity contribution in [2.24, 2.45) is 0 Å². The summed E-state index contributed by atoms with van der Waals surface area (Å²) in [4.78, 5) is 11.4. The fourth-order valence-corrected chi connectivity index (χ4v) is 2.65. The maximum atomic E-state index is 12.6. The second kappa shape index (κ2) is 5.61. The summed E-state index contributed by atoms with van der Waals surface area (Å²) in [5.41, 5.74) is -1.30. The number of carboxylic acid groups (broad SMARTS) is 1. The van der Waals surface area contributed by atoms with Gasteiger partial charge in [0.15, 0.2) is 0 Å². The van der Waals surface area contributed by atoms with E-state index in [-0.39, 0.29) is 16.6 Å². The fraction of sp³-hybridized carbons (Fsp3) is 0.118. The molecular formula is C17H12F3NO4. The van der Waals surface area contributed by atoms with E-state index in [9.17, 15) is 33.3 Å². The molecule has 0 aliphatic rings. The van der Waals surface area contributed by atoms with Gasteiger partial charge in [-0.25, -0.2) is 4.79 Å². The van der Waals surface area contributed by atoms with Crippen LogP contribution >= 0.6 is 0 Å². The standard InChI is InChI=1S/C17H12F3NO4/c18-16(19,20)11-4-6-12(7-5-11)17(24,25)21-9-8-10-2-1-3-13(14(10)21)15(22)23/h1-9,24-25H,(H,22,23). The lowest BCUT2D eigenvalue weighted by Crippen LogP contribution is -2.34. The lowest BCUT2D eigenvalue weighted by atomic mass is 10.1. The van der Waals surface area contributed by atoms with E-state index < -0.39 is 23.6 Å². The average Bonchev–Trinajstić information content (AvgIpc) is 2.98. The van der Waals surface area contributed by atoms with Crippen LogP contribution in [-0.4, -0.2) is 25.9 Å². The normalized spacial score (nSPS) is 12.5. The minimum atomic E-state index is -4.55. The Kier molecular flexibility index (Phi) is 3.81. The largest absolute Gasteiger partial charge is 0.478 e. The number of para-hydroxylation sites is 1. The molecule has 0 saturated heterocycles. The van der Waals surface area contributed by atoms with Crippen LogP contribution in [0.5, 0.6) is 0 Å². The predicted molar refractivity (Wildman–Crippen MR) is 81.9 cm³/mol. The number of carboxylic acids is 1. The van der Waals surface area contributed by atoms with Gasteiger partial charge in [0, 0.05) is 17.1 Å². The van der Waals surface area contributed by atoms with E-state index in [1.807, 2.05) is 0 Å². The molecular weight excluding hydrogens is 339 g/mol. The maximum absolute atomic E-state index is 12.6. The first-order valence-corrected chi connectivity index (χ1v) is 7.08. The van der Waals surface area contributed by atoms with Crippen molar-refractivity contribution < 1.29 is 33.3 Å². The van der Waals surface area contributed by atoms with Crippen molar-refractivity contribution in [1.29, 1.82) is 0 Å². The first-order chi connectivity index (χ1) is 11.6. The van der Waals surface area contributed by atoms with Gasteiger partial charge in [0.05, 0.1) is 16.6 Å². The molecule has 5 nitrogen and oxygen atoms in total. The summed E-state index contributed by atoms with van der Waals surface area (Å²) in [6.07, 6.45) is -3.29. The Hall–Kier alpha value is -2.84. The Balaban J connectivity index is 2.15. The van der Waals surface area contributed by atoms with Crippen molar-refractivity contribution in [3.05, 3.63) is 71.4 Å². The van der Waals surface area contributed by atoms with Crippen LogP contribution in [0.2, 0.25) is 0 Å². The van der Waals surface area contributed by atoms with Gasteiger partial charge in [-0.15, -0.1) is 0 Å². The summed E-state index contributed by atoms with van der Waals surface area (Å²) >= 11 is 0. The van der Waals surface area contributed by atoms with Crippen LogP contribution in [0, 0.1) is 0 Å². The third kappa shape index (κ3) is 2.86. The molecule has 0 fully saturated rings. The number of alkyl halides is 3. The molecule has 0 unspecified atom stereocenters. The number of hydrogen-bond donors (Lipinski definition) is 3. The van der Waals surface area contributed by atoms with Crippen LogP contribution in [-0.2, 0) is 12.1 Å². The molecule has 0 saturated carbocycles. The summed E-state index contributed by atoms with van der Waals surface area (Å²) in [6, 6.07) is 9.17. The van der Waals surface area contributed by atoms with E-state index >= 15 is 0 Å². The van der Waals surface area contributed by atoms with Gasteiger partial charge in [-0.3, -0.25) is 4.57 Å². The highest BCUT2D eigenvalue weighted by atomic mass is 19.4. The third-order valence-electron chi connectivity index (χ3n) is 3.88. The second-order valence-electron chi connectivity index (χ2n) is 5.44. The van der Waals surface area contributed by atoms with Gasteiger partial charge in [0.2, 0.25) is 0 Å². The fourth-order valence-electron chi connectivity index (χ4n) is 2.65. The Morgan fingerprint density at radius 1 is 0.920 bits per heavy atom. The molecule has 3 N–H and O–H groups in total. The lowest BCUT2D eigenvalue weighted by molar-refractivity contribution is -0.189. The molecule has 0 amide bonds.